The van der Waals surface area contributed by atoms with E-state index in [1.54, 1.807) is 13.0 Å². The van der Waals surface area contributed by atoms with Crippen LogP contribution in [0.4, 0.5) is 5.69 Å². The highest BCUT2D eigenvalue weighted by molar-refractivity contribution is 9.10. The van der Waals surface area contributed by atoms with E-state index in [-0.39, 0.29) is 0 Å². The van der Waals surface area contributed by atoms with Crippen molar-refractivity contribution >= 4 is 44.4 Å². The van der Waals surface area contributed by atoms with Gasteiger partial charge >= 0.3 is 5.97 Å². The van der Waals surface area contributed by atoms with Gasteiger partial charge in [-0.05, 0) is 46.6 Å². The minimum atomic E-state index is -0.976. The van der Waals surface area contributed by atoms with Gasteiger partial charge in [0.2, 0.25) is 0 Å². The molecule has 1 unspecified atom stereocenters. The van der Waals surface area contributed by atoms with Crippen LogP contribution in [-0.2, 0) is 29.0 Å². The summed E-state index contributed by atoms with van der Waals surface area (Å²) in [6.07, 6.45) is -0.234. The van der Waals surface area contributed by atoms with Crippen molar-refractivity contribution in [1.29, 1.82) is 0 Å². The molecule has 1 atom stereocenters. The standard InChI is InChI=1S/C29H26BrN3O3/c1-19(28(34)32-26-14-8-6-12-23(26)30)36-29(35)27-21-11-5-7-13-24(21)31-25-15-16-33(18-22(25)27)17-20-9-3-2-4-10-20/h2-14,19H,15-18H2,1H3,(H,32,34). The highest BCUT2D eigenvalue weighted by atomic mass is 79.9. The molecule has 0 aliphatic carbocycles. The number of carbonyl (C=O) groups is 2. The van der Waals surface area contributed by atoms with Crippen molar-refractivity contribution < 1.29 is 14.3 Å². The number of rotatable bonds is 6. The summed E-state index contributed by atoms with van der Waals surface area (Å²) in [6.45, 7) is 3.81. The van der Waals surface area contributed by atoms with Gasteiger partial charge in [-0.3, -0.25) is 14.7 Å². The number of halogens is 1. The first-order chi connectivity index (χ1) is 17.5. The number of nitrogens with one attached hydrogen (secondary N) is 1. The zero-order chi connectivity index (χ0) is 25.1. The van der Waals surface area contributed by atoms with E-state index in [0.717, 1.165) is 46.1 Å². The Kier molecular flexibility index (Phi) is 7.11. The number of fused-ring (bicyclic) bond motifs is 2. The minimum absolute atomic E-state index is 0.395. The van der Waals surface area contributed by atoms with Gasteiger partial charge in [-0.15, -0.1) is 0 Å². The molecule has 0 saturated carbocycles. The third-order valence-electron chi connectivity index (χ3n) is 6.36. The molecule has 0 spiro atoms. The van der Waals surface area contributed by atoms with Crippen molar-refractivity contribution in [2.45, 2.75) is 32.5 Å². The third kappa shape index (κ3) is 5.17. The SMILES string of the molecule is CC(OC(=O)c1c2c(nc3ccccc13)CCN(Cc1ccccc1)C2)C(=O)Nc1ccccc1Br. The molecule has 5 rings (SSSR count). The van der Waals surface area contributed by atoms with Gasteiger partial charge in [-0.1, -0.05) is 60.7 Å². The van der Waals surface area contributed by atoms with E-state index in [9.17, 15) is 9.59 Å². The Morgan fingerprint density at radius 2 is 1.75 bits per heavy atom. The van der Waals surface area contributed by atoms with E-state index in [1.165, 1.54) is 5.56 Å². The fraction of sp³-hybridized carbons (Fsp3) is 0.207. The van der Waals surface area contributed by atoms with Gasteiger partial charge in [0.25, 0.3) is 5.91 Å². The van der Waals surface area contributed by atoms with E-state index < -0.39 is 18.0 Å². The van der Waals surface area contributed by atoms with Gasteiger partial charge in [0, 0.05) is 47.2 Å². The lowest BCUT2D eigenvalue weighted by Gasteiger charge is -2.30. The highest BCUT2D eigenvalue weighted by Crippen LogP contribution is 2.30. The van der Waals surface area contributed by atoms with Crippen molar-refractivity contribution in [3.63, 3.8) is 0 Å². The molecule has 6 nitrogen and oxygen atoms in total. The van der Waals surface area contributed by atoms with E-state index >= 15 is 0 Å². The number of aromatic nitrogens is 1. The average Bonchev–Trinajstić information content (AvgIpc) is 2.89. The molecule has 1 N–H and O–H groups in total. The van der Waals surface area contributed by atoms with Crippen LogP contribution in [-0.4, -0.2) is 34.4 Å². The van der Waals surface area contributed by atoms with Crippen LogP contribution >= 0.6 is 15.9 Å². The van der Waals surface area contributed by atoms with Crippen LogP contribution in [0.5, 0.6) is 0 Å². The summed E-state index contributed by atoms with van der Waals surface area (Å²) in [5.41, 5.74) is 4.87. The molecule has 0 saturated heterocycles. The maximum absolute atomic E-state index is 13.6. The van der Waals surface area contributed by atoms with E-state index in [2.05, 4.69) is 38.3 Å². The number of para-hydroxylation sites is 2. The van der Waals surface area contributed by atoms with Crippen molar-refractivity contribution in [2.75, 3.05) is 11.9 Å². The number of ether oxygens (including phenoxy) is 1. The topological polar surface area (TPSA) is 71.5 Å². The number of carbonyl (C=O) groups excluding carboxylic acids is 2. The second-order valence-electron chi connectivity index (χ2n) is 8.89. The van der Waals surface area contributed by atoms with Crippen LogP contribution in [0.15, 0.2) is 83.3 Å². The second-order valence-corrected chi connectivity index (χ2v) is 9.75. The molecule has 4 aromatic rings. The summed E-state index contributed by atoms with van der Waals surface area (Å²) in [6, 6.07) is 25.2. The van der Waals surface area contributed by atoms with Crippen LogP contribution in [0.1, 0.15) is 34.1 Å². The summed E-state index contributed by atoms with van der Waals surface area (Å²) >= 11 is 3.42. The lowest BCUT2D eigenvalue weighted by atomic mass is 9.95. The van der Waals surface area contributed by atoms with Crippen LogP contribution in [0, 0.1) is 0 Å². The number of esters is 1. The molecule has 1 aliphatic heterocycles. The largest absolute Gasteiger partial charge is 0.449 e. The Morgan fingerprint density at radius 1 is 1.03 bits per heavy atom. The Bertz CT molecular complexity index is 1420. The van der Waals surface area contributed by atoms with E-state index in [4.69, 9.17) is 9.72 Å². The Hall–Kier alpha value is -3.55. The zero-order valence-corrected chi connectivity index (χ0v) is 21.5. The molecule has 0 bridgehead atoms. The summed E-state index contributed by atoms with van der Waals surface area (Å²) < 4.78 is 6.48. The maximum atomic E-state index is 13.6. The summed E-state index contributed by atoms with van der Waals surface area (Å²) in [4.78, 5) is 33.6. The molecular formula is C29H26BrN3O3. The molecular weight excluding hydrogens is 518 g/mol. The quantitative estimate of drug-likeness (QED) is 0.314. The van der Waals surface area contributed by atoms with Crippen molar-refractivity contribution in [3.05, 3.63) is 106 Å². The lowest BCUT2D eigenvalue weighted by molar-refractivity contribution is -0.123. The monoisotopic (exact) mass is 543 g/mol. The zero-order valence-electron chi connectivity index (χ0n) is 19.9. The van der Waals surface area contributed by atoms with Gasteiger partial charge in [0.1, 0.15) is 0 Å². The van der Waals surface area contributed by atoms with Crippen LogP contribution < -0.4 is 5.32 Å². The number of nitrogens with zero attached hydrogens (tertiary/aromatic N) is 2. The molecule has 3 aromatic carbocycles. The predicted molar refractivity (Wildman–Crippen MR) is 144 cm³/mol. The van der Waals surface area contributed by atoms with Crippen LogP contribution in [0.25, 0.3) is 10.9 Å². The average molecular weight is 544 g/mol. The highest BCUT2D eigenvalue weighted by Gasteiger charge is 2.29. The number of pyridine rings is 1. The Balaban J connectivity index is 1.42. The summed E-state index contributed by atoms with van der Waals surface area (Å²) in [5.74, 6) is -0.908. The second kappa shape index (κ2) is 10.6. The van der Waals surface area contributed by atoms with E-state index in [0.29, 0.717) is 17.8 Å². The van der Waals surface area contributed by atoms with Crippen LogP contribution in [0.2, 0.25) is 0 Å². The number of benzene rings is 3. The molecule has 1 aliphatic rings. The lowest BCUT2D eigenvalue weighted by Crippen LogP contribution is -2.34. The molecule has 2 heterocycles. The first kappa shape index (κ1) is 24.2. The molecule has 0 fully saturated rings. The number of amides is 1. The summed E-state index contributed by atoms with van der Waals surface area (Å²) in [5, 5.41) is 3.55. The van der Waals surface area contributed by atoms with Gasteiger partial charge < -0.3 is 10.1 Å². The molecule has 0 radical (unpaired) electrons. The minimum Gasteiger partial charge on any atom is -0.449 e. The Morgan fingerprint density at radius 3 is 2.56 bits per heavy atom. The smallest absolute Gasteiger partial charge is 0.339 e. The Labute approximate surface area is 218 Å². The van der Waals surface area contributed by atoms with Crippen molar-refractivity contribution in [2.24, 2.45) is 0 Å². The molecule has 36 heavy (non-hydrogen) atoms. The fourth-order valence-corrected chi connectivity index (χ4v) is 4.91. The normalized spacial score (nSPS) is 14.2. The van der Waals surface area contributed by atoms with E-state index in [1.807, 2.05) is 60.7 Å². The molecule has 1 aromatic heterocycles. The third-order valence-corrected chi connectivity index (χ3v) is 7.05. The van der Waals surface area contributed by atoms with Gasteiger partial charge in [-0.2, -0.15) is 0 Å². The fourth-order valence-electron chi connectivity index (χ4n) is 4.53. The molecule has 182 valence electrons. The van der Waals surface area contributed by atoms with Gasteiger partial charge in [0.15, 0.2) is 6.10 Å². The number of anilines is 1. The number of hydrogen-bond donors (Lipinski definition) is 1. The van der Waals surface area contributed by atoms with Crippen LogP contribution in [0.3, 0.4) is 0 Å². The first-order valence-corrected chi connectivity index (χ1v) is 12.7. The number of hydrogen-bond acceptors (Lipinski definition) is 5. The van der Waals surface area contributed by atoms with Crippen molar-refractivity contribution in [3.8, 4) is 0 Å². The van der Waals surface area contributed by atoms with Crippen molar-refractivity contribution in [1.82, 2.24) is 9.88 Å². The molecule has 7 heteroatoms. The molecule has 1 amide bonds. The summed E-state index contributed by atoms with van der Waals surface area (Å²) in [7, 11) is 0. The maximum Gasteiger partial charge on any atom is 0.339 e. The predicted octanol–water partition coefficient (Wildman–Crippen LogP) is 5.74. The van der Waals surface area contributed by atoms with Gasteiger partial charge in [-0.25, -0.2) is 4.79 Å². The van der Waals surface area contributed by atoms with Gasteiger partial charge in [0.05, 0.1) is 16.8 Å². The first-order valence-electron chi connectivity index (χ1n) is 11.9.